The van der Waals surface area contributed by atoms with Gasteiger partial charge in [0, 0.05) is 33.3 Å². The van der Waals surface area contributed by atoms with Crippen molar-refractivity contribution < 1.29 is 19.0 Å². The summed E-state index contributed by atoms with van der Waals surface area (Å²) in [6.45, 7) is 2.23. The first-order chi connectivity index (χ1) is 14.8. The fourth-order valence-electron chi connectivity index (χ4n) is 3.62. The van der Waals surface area contributed by atoms with Crippen LogP contribution in [0.3, 0.4) is 0 Å². The summed E-state index contributed by atoms with van der Waals surface area (Å²) in [6.07, 6.45) is 1.71. The Labute approximate surface area is 181 Å². The van der Waals surface area contributed by atoms with Crippen molar-refractivity contribution in [2.75, 3.05) is 20.7 Å². The molecule has 10 heteroatoms. The second kappa shape index (κ2) is 8.20. The van der Waals surface area contributed by atoms with Gasteiger partial charge in [-0.15, -0.1) is 10.2 Å². The molecule has 4 rings (SSSR count). The van der Waals surface area contributed by atoms with E-state index in [2.05, 4.69) is 10.2 Å². The summed E-state index contributed by atoms with van der Waals surface area (Å²) in [6, 6.07) is 5.77. The van der Waals surface area contributed by atoms with E-state index in [1.165, 1.54) is 28.4 Å². The molecule has 0 saturated heterocycles. The van der Waals surface area contributed by atoms with Crippen LogP contribution >= 0.6 is 11.3 Å². The molecule has 1 N–H and O–H groups in total. The minimum Gasteiger partial charge on any atom is -0.503 e. The van der Waals surface area contributed by atoms with Crippen molar-refractivity contribution in [1.82, 2.24) is 19.7 Å². The van der Waals surface area contributed by atoms with Gasteiger partial charge in [0.25, 0.3) is 5.91 Å². The fourth-order valence-corrected chi connectivity index (χ4v) is 4.50. The molecule has 2 atom stereocenters. The fraction of sp³-hybridized carbons (Fsp3) is 0.333. The molecule has 3 heterocycles. The highest BCUT2D eigenvalue weighted by molar-refractivity contribution is 7.14. The summed E-state index contributed by atoms with van der Waals surface area (Å²) in [4.78, 5) is 27.0. The molecular formula is C21H21FN4O4S. The number of carbonyl (C=O) groups is 1. The number of aromatic hydroxyl groups is 1. The van der Waals surface area contributed by atoms with E-state index < -0.39 is 17.1 Å². The average molecular weight is 444 g/mol. The quantitative estimate of drug-likeness (QED) is 0.649. The first-order valence-corrected chi connectivity index (χ1v) is 10.4. The van der Waals surface area contributed by atoms with Crippen LogP contribution < -0.4 is 5.43 Å². The Balaban J connectivity index is 1.76. The highest BCUT2D eigenvalue weighted by atomic mass is 32.1. The number of rotatable bonds is 5. The number of pyridine rings is 1. The van der Waals surface area contributed by atoms with E-state index in [-0.39, 0.29) is 29.2 Å². The van der Waals surface area contributed by atoms with Crippen molar-refractivity contribution in [1.29, 1.82) is 0 Å². The number of hydrogen-bond donors (Lipinski definition) is 1. The predicted molar refractivity (Wildman–Crippen MR) is 113 cm³/mol. The summed E-state index contributed by atoms with van der Waals surface area (Å²) in [5.74, 6) is -1.37. The smallest absolute Gasteiger partial charge is 0.274 e. The van der Waals surface area contributed by atoms with Crippen LogP contribution in [0.4, 0.5) is 4.39 Å². The van der Waals surface area contributed by atoms with Crippen molar-refractivity contribution in [3.05, 3.63) is 62.8 Å². The molecule has 3 aromatic rings. The van der Waals surface area contributed by atoms with Crippen LogP contribution in [0.25, 0.3) is 10.6 Å². The third-order valence-electron chi connectivity index (χ3n) is 5.46. The molecule has 0 fully saturated rings. The minimum absolute atomic E-state index is 0.0625. The van der Waals surface area contributed by atoms with Gasteiger partial charge in [-0.2, -0.15) is 0 Å². The lowest BCUT2D eigenvalue weighted by Gasteiger charge is -2.36. The van der Waals surface area contributed by atoms with E-state index >= 15 is 0 Å². The molecule has 1 amide bonds. The topological polar surface area (TPSA) is 97.6 Å². The molecule has 2 aromatic heterocycles. The Kier molecular flexibility index (Phi) is 5.59. The molecule has 0 aliphatic carbocycles. The van der Waals surface area contributed by atoms with Gasteiger partial charge in [0.15, 0.2) is 16.5 Å². The minimum atomic E-state index is -0.678. The highest BCUT2D eigenvalue weighted by Crippen LogP contribution is 2.32. The van der Waals surface area contributed by atoms with Gasteiger partial charge in [-0.05, 0) is 24.6 Å². The van der Waals surface area contributed by atoms with Gasteiger partial charge >= 0.3 is 0 Å². The van der Waals surface area contributed by atoms with Crippen molar-refractivity contribution in [3.8, 4) is 16.3 Å². The maximum absolute atomic E-state index is 13.1. The summed E-state index contributed by atoms with van der Waals surface area (Å²) in [7, 11) is 3.18. The zero-order chi connectivity index (χ0) is 22.3. The third kappa shape index (κ3) is 3.84. The Bertz CT molecular complexity index is 1190. The number of amides is 1. The maximum Gasteiger partial charge on any atom is 0.274 e. The van der Waals surface area contributed by atoms with Crippen LogP contribution in [-0.2, 0) is 11.2 Å². The number of halogens is 1. The SMILES string of the molecule is CO[C@@H](C)[C@H]1CN(C)C(=O)c2c(O)c(=O)c(-c3nnc(Cc4ccc(F)cc4)s3)cn21. The molecule has 31 heavy (non-hydrogen) atoms. The standard InChI is InChI=1S/C21H21FN4O4S/c1-11(30-3)15-10-25(2)21(29)17-19(28)18(27)14(9-26(15)17)20-24-23-16(31-20)8-12-4-6-13(22)7-5-12/h4-7,9,11,15,28H,8,10H2,1-3H3/t11-,15+/m0/s1. The molecule has 1 aromatic carbocycles. The summed E-state index contributed by atoms with van der Waals surface area (Å²) in [5.41, 5.74) is 0.280. The van der Waals surface area contributed by atoms with Crippen LogP contribution in [0.1, 0.15) is 34.0 Å². The van der Waals surface area contributed by atoms with Crippen LogP contribution in [0.2, 0.25) is 0 Å². The number of nitrogens with zero attached hydrogens (tertiary/aromatic N) is 4. The van der Waals surface area contributed by atoms with Gasteiger partial charge in [0.05, 0.1) is 17.7 Å². The van der Waals surface area contributed by atoms with Crippen LogP contribution in [0, 0.1) is 5.82 Å². The Hall–Kier alpha value is -3.11. The number of fused-ring (bicyclic) bond motifs is 1. The number of methoxy groups -OCH3 is 1. The first kappa shape index (κ1) is 21.1. The van der Waals surface area contributed by atoms with Crippen molar-refractivity contribution >= 4 is 17.2 Å². The van der Waals surface area contributed by atoms with E-state index in [1.54, 1.807) is 37.1 Å². The molecule has 1 aliphatic rings. The normalized spacial score (nSPS) is 17.0. The van der Waals surface area contributed by atoms with Gasteiger partial charge in [0.2, 0.25) is 5.43 Å². The largest absolute Gasteiger partial charge is 0.503 e. The number of carbonyl (C=O) groups excluding carboxylic acids is 1. The summed E-state index contributed by atoms with van der Waals surface area (Å²) >= 11 is 1.21. The molecule has 0 radical (unpaired) electrons. The molecule has 1 aliphatic heterocycles. The van der Waals surface area contributed by atoms with Gasteiger partial charge in [0.1, 0.15) is 10.8 Å². The molecule has 0 bridgehead atoms. The summed E-state index contributed by atoms with van der Waals surface area (Å²) < 4.78 is 20.2. The van der Waals surface area contributed by atoms with Crippen molar-refractivity contribution in [2.24, 2.45) is 0 Å². The van der Waals surface area contributed by atoms with Gasteiger partial charge in [-0.25, -0.2) is 4.39 Å². The van der Waals surface area contributed by atoms with Crippen LogP contribution in [-0.4, -0.2) is 57.5 Å². The van der Waals surface area contributed by atoms with E-state index in [0.29, 0.717) is 23.0 Å². The van der Waals surface area contributed by atoms with Crippen molar-refractivity contribution in [3.63, 3.8) is 0 Å². The molecule has 0 unspecified atom stereocenters. The molecular weight excluding hydrogens is 423 g/mol. The number of hydrogen-bond acceptors (Lipinski definition) is 7. The monoisotopic (exact) mass is 444 g/mol. The summed E-state index contributed by atoms with van der Waals surface area (Å²) in [5, 5.41) is 19.8. The lowest BCUT2D eigenvalue weighted by atomic mass is 10.0. The zero-order valence-corrected chi connectivity index (χ0v) is 18.0. The number of ether oxygens (including phenoxy) is 1. The molecule has 8 nitrogen and oxygen atoms in total. The van der Waals surface area contributed by atoms with E-state index in [0.717, 1.165) is 5.56 Å². The van der Waals surface area contributed by atoms with Gasteiger partial charge in [-0.1, -0.05) is 23.5 Å². The van der Waals surface area contributed by atoms with E-state index in [1.807, 2.05) is 6.92 Å². The lowest BCUT2D eigenvalue weighted by Crippen LogP contribution is -2.45. The first-order valence-electron chi connectivity index (χ1n) is 9.63. The third-order valence-corrected chi connectivity index (χ3v) is 6.41. The second-order valence-corrected chi connectivity index (χ2v) is 8.54. The lowest BCUT2D eigenvalue weighted by molar-refractivity contribution is 0.0380. The van der Waals surface area contributed by atoms with Crippen molar-refractivity contribution in [2.45, 2.75) is 25.5 Å². The predicted octanol–water partition coefficient (Wildman–Crippen LogP) is 2.46. The van der Waals surface area contributed by atoms with Crippen LogP contribution in [0.5, 0.6) is 5.75 Å². The maximum atomic E-state index is 13.1. The second-order valence-electron chi connectivity index (χ2n) is 7.47. The Morgan fingerprint density at radius 2 is 2.00 bits per heavy atom. The number of likely N-dealkylation sites (N-methyl/N-ethyl adjacent to an activating group) is 1. The molecule has 162 valence electrons. The van der Waals surface area contributed by atoms with E-state index in [9.17, 15) is 19.1 Å². The van der Waals surface area contributed by atoms with Crippen LogP contribution in [0.15, 0.2) is 35.3 Å². The number of benzene rings is 1. The molecule has 0 saturated carbocycles. The number of aromatic nitrogens is 3. The zero-order valence-electron chi connectivity index (χ0n) is 17.2. The van der Waals surface area contributed by atoms with Gasteiger partial charge in [-0.3, -0.25) is 9.59 Å². The Morgan fingerprint density at radius 1 is 1.29 bits per heavy atom. The van der Waals surface area contributed by atoms with E-state index in [4.69, 9.17) is 4.74 Å². The Morgan fingerprint density at radius 3 is 2.68 bits per heavy atom. The van der Waals surface area contributed by atoms with Gasteiger partial charge < -0.3 is 19.3 Å². The average Bonchev–Trinajstić information content (AvgIpc) is 3.22. The molecule has 0 spiro atoms. The highest BCUT2D eigenvalue weighted by Gasteiger charge is 2.36.